The van der Waals surface area contributed by atoms with E-state index in [4.69, 9.17) is 10.8 Å². The third kappa shape index (κ3) is 1.63. The Bertz CT molecular complexity index is 317. The highest BCUT2D eigenvalue weighted by molar-refractivity contribution is 5.39. The Kier molecular flexibility index (Phi) is 2.49. The van der Waals surface area contributed by atoms with E-state index in [1.807, 2.05) is 4.90 Å². The quantitative estimate of drug-likeness (QED) is 0.694. The van der Waals surface area contributed by atoms with Gasteiger partial charge in [0.15, 0.2) is 0 Å². The summed E-state index contributed by atoms with van der Waals surface area (Å²) in [5, 5.41) is 9.14. The van der Waals surface area contributed by atoms with Gasteiger partial charge in [0, 0.05) is 12.7 Å². The normalized spacial score (nSPS) is 21.5. The van der Waals surface area contributed by atoms with Crippen LogP contribution < -0.4 is 10.6 Å². The molecule has 5 heteroatoms. The van der Waals surface area contributed by atoms with E-state index in [0.29, 0.717) is 11.8 Å². The minimum atomic E-state index is 0.150. The third-order valence-corrected chi connectivity index (χ3v) is 2.51. The number of aromatic nitrogens is 2. The molecular weight excluding hydrogens is 180 g/mol. The highest BCUT2D eigenvalue weighted by Gasteiger charge is 2.25. The Hall–Kier alpha value is -1.36. The molecule has 2 heterocycles. The van der Waals surface area contributed by atoms with E-state index in [1.54, 1.807) is 12.3 Å². The topological polar surface area (TPSA) is 75.3 Å². The molecular formula is C9H14N4O. The van der Waals surface area contributed by atoms with Crippen molar-refractivity contribution in [2.75, 3.05) is 23.8 Å². The Labute approximate surface area is 82.6 Å². The summed E-state index contributed by atoms with van der Waals surface area (Å²) in [6, 6.07) is 1.81. The van der Waals surface area contributed by atoms with Gasteiger partial charge in [-0.25, -0.2) is 4.98 Å². The molecule has 0 spiro atoms. The molecule has 1 atom stereocenters. The molecule has 3 N–H and O–H groups in total. The highest BCUT2D eigenvalue weighted by atomic mass is 16.3. The standard InChI is InChI=1S/C9H14N4O/c10-8-3-4-11-9(12-8)13-5-1-2-7(13)6-14/h3-4,7,14H,1-2,5-6H2,(H2,10,11,12)/t7-/m0/s1. The Morgan fingerprint density at radius 2 is 2.50 bits per heavy atom. The van der Waals surface area contributed by atoms with Gasteiger partial charge < -0.3 is 15.7 Å². The first-order chi connectivity index (χ1) is 6.81. The molecule has 0 bridgehead atoms. The molecule has 0 aromatic carbocycles. The molecule has 1 saturated heterocycles. The maximum absolute atomic E-state index is 9.14. The molecule has 76 valence electrons. The second-order valence-electron chi connectivity index (χ2n) is 3.45. The van der Waals surface area contributed by atoms with Crippen LogP contribution in [0, 0.1) is 0 Å². The Balaban J connectivity index is 2.21. The predicted octanol–water partition coefficient (Wildman–Crippen LogP) is 0.0199. The number of hydrogen-bond donors (Lipinski definition) is 2. The van der Waals surface area contributed by atoms with Crippen LogP contribution in [0.4, 0.5) is 11.8 Å². The number of anilines is 2. The lowest BCUT2D eigenvalue weighted by atomic mass is 10.2. The van der Waals surface area contributed by atoms with Crippen molar-refractivity contribution in [2.24, 2.45) is 0 Å². The fourth-order valence-corrected chi connectivity index (χ4v) is 1.79. The molecule has 1 aliphatic heterocycles. The number of nitrogens with two attached hydrogens (primary N) is 1. The van der Waals surface area contributed by atoms with E-state index >= 15 is 0 Å². The lowest BCUT2D eigenvalue weighted by Crippen LogP contribution is -2.33. The van der Waals surface area contributed by atoms with Gasteiger partial charge >= 0.3 is 0 Å². The van der Waals surface area contributed by atoms with Crippen LogP contribution in [0.1, 0.15) is 12.8 Å². The first-order valence-corrected chi connectivity index (χ1v) is 4.77. The zero-order valence-electron chi connectivity index (χ0n) is 7.93. The lowest BCUT2D eigenvalue weighted by Gasteiger charge is -2.22. The van der Waals surface area contributed by atoms with Gasteiger partial charge in [0.25, 0.3) is 0 Å². The molecule has 1 aliphatic rings. The molecule has 5 nitrogen and oxygen atoms in total. The maximum Gasteiger partial charge on any atom is 0.227 e. The van der Waals surface area contributed by atoms with Gasteiger partial charge in [-0.2, -0.15) is 4.98 Å². The van der Waals surface area contributed by atoms with E-state index in [1.165, 1.54) is 0 Å². The van der Waals surface area contributed by atoms with E-state index in [0.717, 1.165) is 19.4 Å². The van der Waals surface area contributed by atoms with Crippen molar-refractivity contribution in [3.63, 3.8) is 0 Å². The summed E-state index contributed by atoms with van der Waals surface area (Å²) in [7, 11) is 0. The minimum Gasteiger partial charge on any atom is -0.394 e. The summed E-state index contributed by atoms with van der Waals surface area (Å²) in [6.07, 6.45) is 3.71. The van der Waals surface area contributed by atoms with Crippen molar-refractivity contribution in [1.82, 2.24) is 9.97 Å². The fraction of sp³-hybridized carbons (Fsp3) is 0.556. The second-order valence-corrected chi connectivity index (χ2v) is 3.45. The summed E-state index contributed by atoms with van der Waals surface area (Å²) in [4.78, 5) is 10.3. The third-order valence-electron chi connectivity index (χ3n) is 2.51. The molecule has 0 saturated carbocycles. The van der Waals surface area contributed by atoms with Crippen LogP contribution in [0.3, 0.4) is 0 Å². The van der Waals surface area contributed by atoms with Crippen LogP contribution in [0.15, 0.2) is 12.3 Å². The van der Waals surface area contributed by atoms with E-state index in [-0.39, 0.29) is 12.6 Å². The highest BCUT2D eigenvalue weighted by Crippen LogP contribution is 2.21. The molecule has 0 unspecified atom stereocenters. The number of hydrogen-bond acceptors (Lipinski definition) is 5. The largest absolute Gasteiger partial charge is 0.394 e. The number of aliphatic hydroxyl groups excluding tert-OH is 1. The van der Waals surface area contributed by atoms with Gasteiger partial charge in [-0.1, -0.05) is 0 Å². The summed E-state index contributed by atoms with van der Waals surface area (Å²) < 4.78 is 0. The molecule has 2 rings (SSSR count). The monoisotopic (exact) mass is 194 g/mol. The number of nitrogens with zero attached hydrogens (tertiary/aromatic N) is 3. The van der Waals surface area contributed by atoms with Crippen molar-refractivity contribution in [2.45, 2.75) is 18.9 Å². The Morgan fingerprint density at radius 3 is 3.21 bits per heavy atom. The second kappa shape index (κ2) is 3.79. The fourth-order valence-electron chi connectivity index (χ4n) is 1.79. The first-order valence-electron chi connectivity index (χ1n) is 4.77. The van der Waals surface area contributed by atoms with Gasteiger partial charge in [0.1, 0.15) is 5.82 Å². The van der Waals surface area contributed by atoms with Crippen molar-refractivity contribution in [3.8, 4) is 0 Å². The van der Waals surface area contributed by atoms with E-state index in [2.05, 4.69) is 9.97 Å². The number of aliphatic hydroxyl groups is 1. The van der Waals surface area contributed by atoms with Crippen molar-refractivity contribution < 1.29 is 5.11 Å². The number of nitrogen functional groups attached to an aromatic ring is 1. The van der Waals surface area contributed by atoms with Crippen molar-refractivity contribution >= 4 is 11.8 Å². The smallest absolute Gasteiger partial charge is 0.227 e. The molecule has 1 fully saturated rings. The zero-order valence-corrected chi connectivity index (χ0v) is 7.93. The first kappa shape index (κ1) is 9.21. The predicted molar refractivity (Wildman–Crippen MR) is 53.9 cm³/mol. The summed E-state index contributed by atoms with van der Waals surface area (Å²) in [6.45, 7) is 1.05. The van der Waals surface area contributed by atoms with Crippen LogP contribution in [0.2, 0.25) is 0 Å². The maximum atomic E-state index is 9.14. The van der Waals surface area contributed by atoms with Gasteiger partial charge in [-0.05, 0) is 18.9 Å². The Morgan fingerprint density at radius 1 is 1.64 bits per heavy atom. The summed E-state index contributed by atoms with van der Waals surface area (Å²) in [5.74, 6) is 1.10. The summed E-state index contributed by atoms with van der Waals surface area (Å²) >= 11 is 0. The average Bonchev–Trinajstić information content (AvgIpc) is 2.65. The van der Waals surface area contributed by atoms with Gasteiger partial charge in [-0.15, -0.1) is 0 Å². The molecule has 0 aliphatic carbocycles. The van der Waals surface area contributed by atoms with E-state index in [9.17, 15) is 0 Å². The lowest BCUT2D eigenvalue weighted by molar-refractivity contribution is 0.265. The van der Waals surface area contributed by atoms with Crippen LogP contribution in [-0.2, 0) is 0 Å². The molecule has 0 radical (unpaired) electrons. The molecule has 0 amide bonds. The van der Waals surface area contributed by atoms with Gasteiger partial charge in [0.2, 0.25) is 5.95 Å². The van der Waals surface area contributed by atoms with Crippen LogP contribution in [-0.4, -0.2) is 34.3 Å². The van der Waals surface area contributed by atoms with Crippen LogP contribution >= 0.6 is 0 Å². The van der Waals surface area contributed by atoms with Crippen molar-refractivity contribution in [3.05, 3.63) is 12.3 Å². The zero-order chi connectivity index (χ0) is 9.97. The van der Waals surface area contributed by atoms with E-state index < -0.39 is 0 Å². The summed E-state index contributed by atoms with van der Waals surface area (Å²) in [5.41, 5.74) is 5.57. The molecule has 14 heavy (non-hydrogen) atoms. The average molecular weight is 194 g/mol. The van der Waals surface area contributed by atoms with Crippen LogP contribution in [0.5, 0.6) is 0 Å². The number of rotatable bonds is 2. The molecule has 1 aromatic heterocycles. The minimum absolute atomic E-state index is 0.150. The van der Waals surface area contributed by atoms with Gasteiger partial charge in [0.05, 0.1) is 12.6 Å². The SMILES string of the molecule is Nc1ccnc(N2CCC[C@H]2CO)n1. The molecule has 1 aromatic rings. The van der Waals surface area contributed by atoms with Crippen LogP contribution in [0.25, 0.3) is 0 Å². The van der Waals surface area contributed by atoms with Crippen molar-refractivity contribution in [1.29, 1.82) is 0 Å². The van der Waals surface area contributed by atoms with Gasteiger partial charge in [-0.3, -0.25) is 0 Å².